The molecule has 0 atom stereocenters. The summed E-state index contributed by atoms with van der Waals surface area (Å²) in [6, 6.07) is 0. The summed E-state index contributed by atoms with van der Waals surface area (Å²) < 4.78 is 0. The number of allylic oxidation sites excluding steroid dienone is 2. The quantitative estimate of drug-likeness (QED) is 0.0673. The fourth-order valence-electron chi connectivity index (χ4n) is 4.36. The zero-order valence-corrected chi connectivity index (χ0v) is 22.9. The van der Waals surface area contributed by atoms with Crippen LogP contribution in [0.2, 0.25) is 0 Å². The molecule has 0 aromatic carbocycles. The van der Waals surface area contributed by atoms with Gasteiger partial charge >= 0.3 is 0 Å². The molecule has 3 nitrogen and oxygen atoms in total. The lowest BCUT2D eigenvalue weighted by atomic mass is 10.0. The van der Waals surface area contributed by atoms with Gasteiger partial charge in [0.15, 0.2) is 11.6 Å². The Morgan fingerprint density at radius 2 is 0.824 bits per heavy atom. The standard InChI is InChI=1S/C31H56O3/c1-3-4-5-6-7-8-9-10-11-12-13-14-15-16-17-18-19-20-23-26-30(33)27-24-21-22-25-28-31(34)29(2)32/h11-12H,3-10,13-28H2,1-2H3. The lowest BCUT2D eigenvalue weighted by Crippen LogP contribution is -2.08. The van der Waals surface area contributed by atoms with Gasteiger partial charge < -0.3 is 0 Å². The van der Waals surface area contributed by atoms with Crippen molar-refractivity contribution in [2.45, 2.75) is 168 Å². The number of hydrogen-bond donors (Lipinski definition) is 0. The van der Waals surface area contributed by atoms with E-state index in [1.165, 1.54) is 110 Å². The Hall–Kier alpha value is -1.25. The van der Waals surface area contributed by atoms with Crippen molar-refractivity contribution in [3.05, 3.63) is 12.2 Å². The molecular formula is C31H56O3. The molecule has 3 heteroatoms. The van der Waals surface area contributed by atoms with Gasteiger partial charge in [0.25, 0.3) is 0 Å². The smallest absolute Gasteiger partial charge is 0.198 e. The third kappa shape index (κ3) is 25.4. The summed E-state index contributed by atoms with van der Waals surface area (Å²) in [5, 5.41) is 0. The summed E-state index contributed by atoms with van der Waals surface area (Å²) in [7, 11) is 0. The highest BCUT2D eigenvalue weighted by molar-refractivity contribution is 6.36. The second-order valence-electron chi connectivity index (χ2n) is 10.2. The Labute approximate surface area is 211 Å². The van der Waals surface area contributed by atoms with Gasteiger partial charge in [0.05, 0.1) is 0 Å². The largest absolute Gasteiger partial charge is 0.300 e. The van der Waals surface area contributed by atoms with E-state index in [9.17, 15) is 14.4 Å². The number of carbonyl (C=O) groups is 3. The van der Waals surface area contributed by atoms with Crippen molar-refractivity contribution in [2.75, 3.05) is 0 Å². The summed E-state index contributed by atoms with van der Waals surface area (Å²) in [5.74, 6) is -0.218. The average molecular weight is 477 g/mol. The molecule has 0 rings (SSSR count). The van der Waals surface area contributed by atoms with E-state index in [-0.39, 0.29) is 11.6 Å². The third-order valence-corrected chi connectivity index (χ3v) is 6.72. The van der Waals surface area contributed by atoms with Crippen LogP contribution in [0.1, 0.15) is 168 Å². The zero-order chi connectivity index (χ0) is 25.1. The SMILES string of the molecule is CCCCCCCCCC=CCCCCCCCCCCC(=O)CCCCCCC(=O)C(C)=O. The van der Waals surface area contributed by atoms with Crippen LogP contribution in [-0.2, 0) is 14.4 Å². The molecule has 0 N–H and O–H groups in total. The second-order valence-corrected chi connectivity index (χ2v) is 10.2. The molecule has 0 amide bonds. The summed E-state index contributed by atoms with van der Waals surface area (Å²) >= 11 is 0. The minimum atomic E-state index is -0.341. The van der Waals surface area contributed by atoms with Gasteiger partial charge in [-0.2, -0.15) is 0 Å². The van der Waals surface area contributed by atoms with Crippen LogP contribution in [-0.4, -0.2) is 17.3 Å². The van der Waals surface area contributed by atoms with E-state index in [2.05, 4.69) is 19.1 Å². The monoisotopic (exact) mass is 476 g/mol. The van der Waals surface area contributed by atoms with Crippen molar-refractivity contribution in [3.8, 4) is 0 Å². The molecule has 198 valence electrons. The number of hydrogen-bond acceptors (Lipinski definition) is 3. The van der Waals surface area contributed by atoms with Crippen LogP contribution < -0.4 is 0 Å². The Kier molecular flexibility index (Phi) is 25.4. The Morgan fingerprint density at radius 3 is 1.24 bits per heavy atom. The molecule has 0 unspecified atom stereocenters. The molecule has 0 aromatic heterocycles. The fourth-order valence-corrected chi connectivity index (χ4v) is 4.36. The van der Waals surface area contributed by atoms with Crippen LogP contribution >= 0.6 is 0 Å². The summed E-state index contributed by atoms with van der Waals surface area (Å²) in [4.78, 5) is 34.0. The van der Waals surface area contributed by atoms with E-state index in [0.717, 1.165) is 38.5 Å². The van der Waals surface area contributed by atoms with Gasteiger partial charge in [-0.05, 0) is 44.9 Å². The highest BCUT2D eigenvalue weighted by Gasteiger charge is 2.07. The molecule has 0 saturated carbocycles. The number of unbranched alkanes of at least 4 members (excludes halogenated alkanes) is 18. The van der Waals surface area contributed by atoms with E-state index in [0.29, 0.717) is 18.6 Å². The van der Waals surface area contributed by atoms with Crippen LogP contribution in [0.3, 0.4) is 0 Å². The van der Waals surface area contributed by atoms with Crippen LogP contribution in [0.25, 0.3) is 0 Å². The van der Waals surface area contributed by atoms with Gasteiger partial charge in [-0.3, -0.25) is 14.4 Å². The highest BCUT2D eigenvalue weighted by atomic mass is 16.2. The van der Waals surface area contributed by atoms with Gasteiger partial charge in [0.1, 0.15) is 5.78 Å². The predicted octanol–water partition coefficient (Wildman–Crippen LogP) is 9.65. The predicted molar refractivity (Wildman–Crippen MR) is 146 cm³/mol. The molecule has 34 heavy (non-hydrogen) atoms. The first-order valence-electron chi connectivity index (χ1n) is 14.8. The molecule has 0 aliphatic carbocycles. The molecule has 0 aliphatic rings. The summed E-state index contributed by atoms with van der Waals surface area (Å²) in [5.41, 5.74) is 0. The third-order valence-electron chi connectivity index (χ3n) is 6.72. The van der Waals surface area contributed by atoms with Crippen LogP contribution in [0, 0.1) is 0 Å². The minimum Gasteiger partial charge on any atom is -0.300 e. The van der Waals surface area contributed by atoms with E-state index in [4.69, 9.17) is 0 Å². The topological polar surface area (TPSA) is 51.2 Å². The van der Waals surface area contributed by atoms with Gasteiger partial charge in [0, 0.05) is 26.2 Å². The second kappa shape index (κ2) is 26.4. The van der Waals surface area contributed by atoms with E-state index < -0.39 is 0 Å². The Morgan fingerprint density at radius 1 is 0.471 bits per heavy atom. The van der Waals surface area contributed by atoms with Crippen molar-refractivity contribution in [3.63, 3.8) is 0 Å². The zero-order valence-electron chi connectivity index (χ0n) is 22.9. The first kappa shape index (κ1) is 32.8. The van der Waals surface area contributed by atoms with Gasteiger partial charge in [0.2, 0.25) is 0 Å². The maximum atomic E-state index is 12.0. The minimum absolute atomic E-state index is 0.266. The Balaban J connectivity index is 3.25. The number of rotatable bonds is 27. The first-order chi connectivity index (χ1) is 16.6. The van der Waals surface area contributed by atoms with Gasteiger partial charge in [-0.15, -0.1) is 0 Å². The molecular weight excluding hydrogens is 420 g/mol. The highest BCUT2D eigenvalue weighted by Crippen LogP contribution is 2.13. The number of ketones is 3. The first-order valence-corrected chi connectivity index (χ1v) is 14.8. The van der Waals surface area contributed by atoms with Crippen molar-refractivity contribution < 1.29 is 14.4 Å². The molecule has 0 radical (unpaired) electrons. The van der Waals surface area contributed by atoms with Crippen LogP contribution in [0.4, 0.5) is 0 Å². The van der Waals surface area contributed by atoms with E-state index >= 15 is 0 Å². The summed E-state index contributed by atoms with van der Waals surface area (Å²) in [6.45, 7) is 3.61. The average Bonchev–Trinajstić information content (AvgIpc) is 2.82. The molecule has 0 spiro atoms. The van der Waals surface area contributed by atoms with Crippen LogP contribution in [0.5, 0.6) is 0 Å². The van der Waals surface area contributed by atoms with Crippen molar-refractivity contribution >= 4 is 17.3 Å². The van der Waals surface area contributed by atoms with Crippen molar-refractivity contribution in [1.29, 1.82) is 0 Å². The molecule has 0 aromatic rings. The fraction of sp³-hybridized carbons (Fsp3) is 0.839. The van der Waals surface area contributed by atoms with E-state index in [1.807, 2.05) is 0 Å². The molecule has 0 fully saturated rings. The van der Waals surface area contributed by atoms with Crippen LogP contribution in [0.15, 0.2) is 12.2 Å². The normalized spacial score (nSPS) is 11.4. The molecule has 0 aliphatic heterocycles. The van der Waals surface area contributed by atoms with E-state index in [1.54, 1.807) is 0 Å². The molecule has 0 bridgehead atoms. The lowest BCUT2D eigenvalue weighted by Gasteiger charge is -2.03. The van der Waals surface area contributed by atoms with Crippen molar-refractivity contribution in [1.82, 2.24) is 0 Å². The Bertz CT molecular complexity index is 521. The van der Waals surface area contributed by atoms with Gasteiger partial charge in [-0.1, -0.05) is 109 Å². The molecule has 0 saturated heterocycles. The van der Waals surface area contributed by atoms with Crippen molar-refractivity contribution in [2.24, 2.45) is 0 Å². The number of carbonyl (C=O) groups excluding carboxylic acids is 3. The van der Waals surface area contributed by atoms with Gasteiger partial charge in [-0.25, -0.2) is 0 Å². The lowest BCUT2D eigenvalue weighted by molar-refractivity contribution is -0.135. The maximum absolute atomic E-state index is 12.0. The summed E-state index contributed by atoms with van der Waals surface area (Å²) in [6.07, 6.45) is 32.6. The molecule has 0 heterocycles. The maximum Gasteiger partial charge on any atom is 0.198 e. The number of Topliss-reactive ketones (excluding diaryl/α,β-unsaturated/α-hetero) is 3.